The van der Waals surface area contributed by atoms with Crippen LogP contribution in [0.15, 0.2) is 42.7 Å². The Bertz CT molecular complexity index is 1220. The number of likely N-dealkylation sites (N-methyl/N-ethyl adjacent to an activating group) is 1. The summed E-state index contributed by atoms with van der Waals surface area (Å²) in [4.78, 5) is 28.4. The molecule has 1 aromatic carbocycles. The quantitative estimate of drug-likeness (QED) is 0.557. The molecular weight excluding hydrogens is 414 g/mol. The third-order valence-corrected chi connectivity index (χ3v) is 6.40. The highest BCUT2D eigenvalue weighted by Gasteiger charge is 2.31. The Labute approximate surface area is 193 Å². The Kier molecular flexibility index (Phi) is 5.25. The zero-order valence-corrected chi connectivity index (χ0v) is 19.4. The van der Waals surface area contributed by atoms with Crippen molar-refractivity contribution in [3.63, 3.8) is 0 Å². The molecule has 33 heavy (non-hydrogen) atoms. The molecule has 3 aromatic rings. The van der Waals surface area contributed by atoms with E-state index in [4.69, 9.17) is 4.98 Å². The summed E-state index contributed by atoms with van der Waals surface area (Å²) in [6.45, 7) is 9.06. The number of hydrogen-bond acceptors (Lipinski definition) is 7. The molecule has 0 saturated carbocycles. The van der Waals surface area contributed by atoms with Crippen LogP contribution in [0.4, 0.5) is 17.5 Å². The number of carbonyl (C=O) groups excluding carboxylic acids is 1. The Balaban J connectivity index is 1.33. The number of rotatable bonds is 5. The minimum Gasteiger partial charge on any atom is -0.369 e. The molecule has 2 aliphatic heterocycles. The second-order valence-corrected chi connectivity index (χ2v) is 9.67. The maximum absolute atomic E-state index is 12.5. The summed E-state index contributed by atoms with van der Waals surface area (Å²) in [5.41, 5.74) is 5.48. The highest BCUT2D eigenvalue weighted by molar-refractivity contribution is 5.95. The van der Waals surface area contributed by atoms with Crippen LogP contribution < -0.4 is 16.0 Å². The maximum Gasteiger partial charge on any atom is 0.251 e. The number of aryl methyl sites for hydroxylation is 1. The van der Waals surface area contributed by atoms with Gasteiger partial charge in [0.05, 0.1) is 11.7 Å². The van der Waals surface area contributed by atoms with Gasteiger partial charge in [-0.05, 0) is 49.9 Å². The summed E-state index contributed by atoms with van der Waals surface area (Å²) in [6.07, 6.45) is 3.59. The fraction of sp³-hybridized carbons (Fsp3) is 0.360. The number of amides is 1. The fourth-order valence-corrected chi connectivity index (χ4v) is 4.37. The van der Waals surface area contributed by atoms with Crippen LogP contribution in [-0.4, -0.2) is 58.5 Å². The van der Waals surface area contributed by atoms with Gasteiger partial charge in [-0.3, -0.25) is 4.79 Å². The monoisotopic (exact) mass is 443 g/mol. The van der Waals surface area contributed by atoms with Crippen LogP contribution in [-0.2, 0) is 5.41 Å². The van der Waals surface area contributed by atoms with Crippen molar-refractivity contribution in [2.75, 3.05) is 37.3 Å². The molecule has 4 heterocycles. The van der Waals surface area contributed by atoms with Gasteiger partial charge in [0, 0.05) is 59.8 Å². The van der Waals surface area contributed by atoms with Crippen molar-refractivity contribution in [2.24, 2.45) is 0 Å². The lowest BCUT2D eigenvalue weighted by Gasteiger charge is -2.36. The molecule has 170 valence electrons. The Morgan fingerprint density at radius 1 is 1.18 bits per heavy atom. The molecule has 8 nitrogen and oxygen atoms in total. The number of aromatic nitrogens is 3. The van der Waals surface area contributed by atoms with E-state index in [1.807, 2.05) is 44.4 Å². The summed E-state index contributed by atoms with van der Waals surface area (Å²) < 4.78 is 0. The van der Waals surface area contributed by atoms with Gasteiger partial charge < -0.3 is 20.9 Å². The summed E-state index contributed by atoms with van der Waals surface area (Å²) in [6, 6.07) is 9.90. The van der Waals surface area contributed by atoms with Gasteiger partial charge in [0.1, 0.15) is 5.82 Å². The van der Waals surface area contributed by atoms with Crippen molar-refractivity contribution < 1.29 is 4.79 Å². The Hall–Kier alpha value is -3.52. The van der Waals surface area contributed by atoms with Gasteiger partial charge >= 0.3 is 0 Å². The highest BCUT2D eigenvalue weighted by Crippen LogP contribution is 2.36. The molecule has 1 saturated heterocycles. The second kappa shape index (κ2) is 8.12. The van der Waals surface area contributed by atoms with E-state index >= 15 is 0 Å². The van der Waals surface area contributed by atoms with Crippen molar-refractivity contribution in [2.45, 2.75) is 32.2 Å². The number of benzene rings is 1. The first kappa shape index (κ1) is 21.3. The van der Waals surface area contributed by atoms with Gasteiger partial charge in [0.15, 0.2) is 0 Å². The molecule has 0 aliphatic carbocycles. The van der Waals surface area contributed by atoms with Crippen LogP contribution >= 0.6 is 0 Å². The first-order valence-electron chi connectivity index (χ1n) is 11.2. The predicted molar refractivity (Wildman–Crippen MR) is 130 cm³/mol. The standard InChI is InChI=1S/C25H29N7O/c1-15-9-16(23(33)29-18-12-32(4)13-18)5-6-20(15)30-24-26-8-7-21(31-24)17-10-19-22(27-11-17)28-14-25(19,2)3/h5-11,18H,12-14H2,1-4H3,(H,27,28)(H,29,33)(H,26,30,31). The first-order valence-corrected chi connectivity index (χ1v) is 11.2. The lowest BCUT2D eigenvalue weighted by molar-refractivity contribution is 0.0857. The van der Waals surface area contributed by atoms with Crippen LogP contribution in [0, 0.1) is 6.92 Å². The number of nitrogens with zero attached hydrogens (tertiary/aromatic N) is 4. The first-order chi connectivity index (χ1) is 15.8. The minimum atomic E-state index is -0.0393. The van der Waals surface area contributed by atoms with E-state index < -0.39 is 0 Å². The topological polar surface area (TPSA) is 95.1 Å². The van der Waals surface area contributed by atoms with Crippen molar-refractivity contribution in [1.82, 2.24) is 25.2 Å². The normalized spacial score (nSPS) is 17.1. The van der Waals surface area contributed by atoms with E-state index in [2.05, 4.69) is 50.7 Å². The molecule has 3 N–H and O–H groups in total. The van der Waals surface area contributed by atoms with Crippen molar-refractivity contribution in [3.05, 3.63) is 59.4 Å². The molecule has 2 aliphatic rings. The van der Waals surface area contributed by atoms with Gasteiger partial charge in [-0.2, -0.15) is 0 Å². The predicted octanol–water partition coefficient (Wildman–Crippen LogP) is 3.34. The average molecular weight is 444 g/mol. The van der Waals surface area contributed by atoms with E-state index in [9.17, 15) is 4.79 Å². The van der Waals surface area contributed by atoms with Crippen LogP contribution in [0.25, 0.3) is 11.3 Å². The number of anilines is 3. The number of likely N-dealkylation sites (tertiary alicyclic amines) is 1. The number of hydrogen-bond donors (Lipinski definition) is 3. The van der Waals surface area contributed by atoms with E-state index in [0.29, 0.717) is 11.5 Å². The summed E-state index contributed by atoms with van der Waals surface area (Å²) in [5.74, 6) is 1.41. The number of carbonyl (C=O) groups is 1. The van der Waals surface area contributed by atoms with E-state index in [1.54, 1.807) is 6.20 Å². The van der Waals surface area contributed by atoms with E-state index in [-0.39, 0.29) is 17.4 Å². The zero-order chi connectivity index (χ0) is 23.2. The van der Waals surface area contributed by atoms with E-state index in [1.165, 1.54) is 5.56 Å². The van der Waals surface area contributed by atoms with E-state index in [0.717, 1.165) is 48.0 Å². The van der Waals surface area contributed by atoms with Gasteiger partial charge in [0.25, 0.3) is 5.91 Å². The van der Waals surface area contributed by atoms with Gasteiger partial charge in [-0.15, -0.1) is 0 Å². The highest BCUT2D eigenvalue weighted by atomic mass is 16.1. The molecule has 0 atom stereocenters. The zero-order valence-electron chi connectivity index (χ0n) is 19.4. The SMILES string of the molecule is Cc1cc(C(=O)NC2CN(C)C2)ccc1Nc1nccc(-c2cnc3c(c2)C(C)(C)CN3)n1. The lowest BCUT2D eigenvalue weighted by atomic mass is 9.87. The average Bonchev–Trinajstić information content (AvgIpc) is 3.08. The van der Waals surface area contributed by atoms with Gasteiger partial charge in [0.2, 0.25) is 5.95 Å². The number of fused-ring (bicyclic) bond motifs is 1. The minimum absolute atomic E-state index is 0.0339. The molecule has 1 fully saturated rings. The molecule has 1 amide bonds. The van der Waals surface area contributed by atoms with Crippen molar-refractivity contribution in [1.29, 1.82) is 0 Å². The van der Waals surface area contributed by atoms with Gasteiger partial charge in [-0.1, -0.05) is 13.8 Å². The Morgan fingerprint density at radius 2 is 2.00 bits per heavy atom. The lowest BCUT2D eigenvalue weighted by Crippen LogP contribution is -2.57. The molecule has 0 bridgehead atoms. The van der Waals surface area contributed by atoms with Crippen LogP contribution in [0.3, 0.4) is 0 Å². The summed E-state index contributed by atoms with van der Waals surface area (Å²) >= 11 is 0. The molecular formula is C25H29N7O. The largest absolute Gasteiger partial charge is 0.369 e. The molecule has 0 unspecified atom stereocenters. The fourth-order valence-electron chi connectivity index (χ4n) is 4.37. The van der Waals surface area contributed by atoms with Gasteiger partial charge in [-0.25, -0.2) is 15.0 Å². The molecule has 0 radical (unpaired) electrons. The Morgan fingerprint density at radius 3 is 2.76 bits per heavy atom. The van der Waals surface area contributed by atoms with Crippen molar-refractivity contribution in [3.8, 4) is 11.3 Å². The molecule has 2 aromatic heterocycles. The third-order valence-electron chi connectivity index (χ3n) is 6.40. The van der Waals surface area contributed by atoms with Crippen LogP contribution in [0.2, 0.25) is 0 Å². The molecule has 5 rings (SSSR count). The van der Waals surface area contributed by atoms with Crippen LogP contribution in [0.1, 0.15) is 35.3 Å². The summed E-state index contributed by atoms with van der Waals surface area (Å²) in [5, 5.41) is 9.73. The molecule has 8 heteroatoms. The summed E-state index contributed by atoms with van der Waals surface area (Å²) in [7, 11) is 2.04. The second-order valence-electron chi connectivity index (χ2n) is 9.67. The number of pyridine rings is 1. The number of nitrogens with one attached hydrogen (secondary N) is 3. The molecule has 0 spiro atoms. The van der Waals surface area contributed by atoms with Crippen molar-refractivity contribution >= 4 is 23.4 Å². The van der Waals surface area contributed by atoms with Crippen LogP contribution in [0.5, 0.6) is 0 Å². The maximum atomic E-state index is 12.5. The smallest absolute Gasteiger partial charge is 0.251 e. The third kappa shape index (κ3) is 4.26.